The third kappa shape index (κ3) is 3.00. The van der Waals surface area contributed by atoms with Crippen LogP contribution < -0.4 is 0 Å². The number of nitrogens with zero attached hydrogens (tertiary/aromatic N) is 2. The minimum Gasteiger partial charge on any atom is -0.248 e. The Labute approximate surface area is 119 Å². The van der Waals surface area contributed by atoms with Gasteiger partial charge in [-0.15, -0.1) is 0 Å². The van der Waals surface area contributed by atoms with Gasteiger partial charge in [0.1, 0.15) is 0 Å². The van der Waals surface area contributed by atoms with Gasteiger partial charge in [-0.05, 0) is 49.4 Å². The van der Waals surface area contributed by atoms with Crippen LogP contribution in [0.2, 0.25) is 0 Å². The minimum atomic E-state index is 0.690. The Kier molecular flexibility index (Phi) is 4.19. The van der Waals surface area contributed by atoms with Crippen molar-refractivity contribution < 1.29 is 0 Å². The lowest BCUT2D eigenvalue weighted by molar-refractivity contribution is 0.0249. The fourth-order valence-electron chi connectivity index (χ4n) is 4.99. The van der Waals surface area contributed by atoms with Gasteiger partial charge in [0, 0.05) is 27.2 Å². The molecule has 0 aromatic carbocycles. The van der Waals surface area contributed by atoms with Crippen molar-refractivity contribution >= 4 is 0 Å². The highest BCUT2D eigenvalue weighted by molar-refractivity contribution is 4.93. The Hall–Kier alpha value is -0.0800. The van der Waals surface area contributed by atoms with E-state index in [2.05, 4.69) is 24.1 Å². The summed E-state index contributed by atoms with van der Waals surface area (Å²) in [6, 6.07) is 0. The van der Waals surface area contributed by atoms with E-state index in [9.17, 15) is 0 Å². The normalized spacial score (nSPS) is 38.4. The summed E-state index contributed by atoms with van der Waals surface area (Å²) >= 11 is 0. The average molecular weight is 264 g/mol. The molecule has 2 saturated carbocycles. The van der Waals surface area contributed by atoms with Crippen LogP contribution in [0, 0.1) is 17.3 Å². The number of hydrogen-bond donors (Lipinski definition) is 0. The molecule has 3 aliphatic rings. The van der Waals surface area contributed by atoms with E-state index in [1.807, 2.05) is 0 Å². The first kappa shape index (κ1) is 13.9. The van der Waals surface area contributed by atoms with Crippen LogP contribution in [0.1, 0.15) is 64.2 Å². The zero-order chi connectivity index (χ0) is 13.3. The van der Waals surface area contributed by atoms with Gasteiger partial charge in [-0.1, -0.05) is 32.1 Å². The van der Waals surface area contributed by atoms with Crippen LogP contribution in [0.4, 0.5) is 0 Å². The molecule has 0 atom stereocenters. The van der Waals surface area contributed by atoms with Gasteiger partial charge in [0.05, 0.1) is 0 Å². The van der Waals surface area contributed by atoms with E-state index in [1.54, 1.807) is 12.8 Å². The van der Waals surface area contributed by atoms with Crippen LogP contribution in [0.5, 0.6) is 0 Å². The van der Waals surface area contributed by atoms with Crippen LogP contribution in [-0.2, 0) is 0 Å². The standard InChI is InChI=1S/C17H32N2/c1-18(2)19-13-12-17(14-19)10-8-16(9-11-17)15-6-4-3-5-7-15/h15-16H,3-14H2,1-2H3. The van der Waals surface area contributed by atoms with Crippen LogP contribution in [0.3, 0.4) is 0 Å². The summed E-state index contributed by atoms with van der Waals surface area (Å²) < 4.78 is 0. The van der Waals surface area contributed by atoms with Gasteiger partial charge in [-0.25, -0.2) is 10.0 Å². The predicted molar refractivity (Wildman–Crippen MR) is 80.8 cm³/mol. The summed E-state index contributed by atoms with van der Waals surface area (Å²) in [7, 11) is 4.40. The lowest BCUT2D eigenvalue weighted by Crippen LogP contribution is -2.38. The van der Waals surface area contributed by atoms with E-state index in [0.29, 0.717) is 5.41 Å². The van der Waals surface area contributed by atoms with Gasteiger partial charge in [0.15, 0.2) is 0 Å². The molecular formula is C17H32N2. The molecule has 0 aromatic heterocycles. The number of hydrogen-bond acceptors (Lipinski definition) is 2. The fraction of sp³-hybridized carbons (Fsp3) is 1.00. The zero-order valence-electron chi connectivity index (χ0n) is 13.0. The highest BCUT2D eigenvalue weighted by Gasteiger charge is 2.42. The molecule has 0 radical (unpaired) electrons. The molecule has 3 rings (SSSR count). The Bertz CT molecular complexity index is 286. The van der Waals surface area contributed by atoms with Crippen molar-refractivity contribution in [1.29, 1.82) is 0 Å². The smallest absolute Gasteiger partial charge is 0.0190 e. The third-order valence-corrected chi connectivity index (χ3v) is 6.39. The van der Waals surface area contributed by atoms with Gasteiger partial charge in [0.25, 0.3) is 0 Å². The van der Waals surface area contributed by atoms with Crippen molar-refractivity contribution in [2.24, 2.45) is 17.3 Å². The topological polar surface area (TPSA) is 6.48 Å². The van der Waals surface area contributed by atoms with E-state index < -0.39 is 0 Å². The lowest BCUT2D eigenvalue weighted by atomic mass is 9.65. The Morgan fingerprint density at radius 3 is 2.05 bits per heavy atom. The third-order valence-electron chi connectivity index (χ3n) is 6.39. The molecular weight excluding hydrogens is 232 g/mol. The first-order valence-corrected chi connectivity index (χ1v) is 8.61. The Balaban J connectivity index is 1.52. The van der Waals surface area contributed by atoms with Crippen LogP contribution in [0.15, 0.2) is 0 Å². The number of rotatable bonds is 2. The molecule has 0 bridgehead atoms. The van der Waals surface area contributed by atoms with Gasteiger partial charge in [-0.3, -0.25) is 0 Å². The maximum atomic E-state index is 2.56. The molecule has 110 valence electrons. The van der Waals surface area contributed by atoms with E-state index in [4.69, 9.17) is 0 Å². The second-order valence-corrected chi connectivity index (χ2v) is 7.72. The zero-order valence-corrected chi connectivity index (χ0v) is 13.0. The highest BCUT2D eigenvalue weighted by atomic mass is 15.6. The van der Waals surface area contributed by atoms with Crippen molar-refractivity contribution in [3.63, 3.8) is 0 Å². The summed E-state index contributed by atoms with van der Waals surface area (Å²) in [6.45, 7) is 2.62. The quantitative estimate of drug-likeness (QED) is 0.746. The molecule has 2 heteroatoms. The largest absolute Gasteiger partial charge is 0.248 e. The molecule has 2 aliphatic carbocycles. The molecule has 0 N–H and O–H groups in total. The molecule has 0 amide bonds. The molecule has 19 heavy (non-hydrogen) atoms. The van der Waals surface area contributed by atoms with Crippen molar-refractivity contribution in [3.05, 3.63) is 0 Å². The van der Waals surface area contributed by atoms with Crippen molar-refractivity contribution in [2.75, 3.05) is 27.2 Å². The second kappa shape index (κ2) is 5.73. The van der Waals surface area contributed by atoms with Crippen LogP contribution >= 0.6 is 0 Å². The summed E-state index contributed by atoms with van der Waals surface area (Å²) in [6.07, 6.45) is 15.2. The van der Waals surface area contributed by atoms with E-state index in [0.717, 1.165) is 11.8 Å². The summed E-state index contributed by atoms with van der Waals surface area (Å²) in [5.41, 5.74) is 0.690. The molecule has 1 saturated heterocycles. The monoisotopic (exact) mass is 264 g/mol. The predicted octanol–water partition coefficient (Wildman–Crippen LogP) is 3.93. The molecule has 1 heterocycles. The SMILES string of the molecule is CN(C)N1CCC2(CCC(C3CCCCC3)CC2)C1. The Morgan fingerprint density at radius 2 is 1.47 bits per heavy atom. The fourth-order valence-corrected chi connectivity index (χ4v) is 4.99. The first-order chi connectivity index (χ1) is 9.19. The van der Waals surface area contributed by atoms with E-state index in [1.165, 1.54) is 64.5 Å². The maximum absolute atomic E-state index is 2.56. The number of hydrazine groups is 1. The molecule has 0 unspecified atom stereocenters. The van der Waals surface area contributed by atoms with Gasteiger partial charge in [0.2, 0.25) is 0 Å². The lowest BCUT2D eigenvalue weighted by Gasteiger charge is -2.41. The molecule has 1 aliphatic heterocycles. The summed E-state index contributed by atoms with van der Waals surface area (Å²) in [4.78, 5) is 0. The van der Waals surface area contributed by atoms with Crippen LogP contribution in [-0.4, -0.2) is 37.2 Å². The van der Waals surface area contributed by atoms with Crippen LogP contribution in [0.25, 0.3) is 0 Å². The summed E-state index contributed by atoms with van der Waals surface area (Å²) in [5.74, 6) is 2.18. The Morgan fingerprint density at radius 1 is 0.842 bits per heavy atom. The van der Waals surface area contributed by atoms with Crippen molar-refractivity contribution in [3.8, 4) is 0 Å². The molecule has 1 spiro atoms. The highest BCUT2D eigenvalue weighted by Crippen LogP contribution is 2.49. The second-order valence-electron chi connectivity index (χ2n) is 7.72. The van der Waals surface area contributed by atoms with Crippen molar-refractivity contribution in [2.45, 2.75) is 64.2 Å². The average Bonchev–Trinajstić information content (AvgIpc) is 2.85. The first-order valence-electron chi connectivity index (χ1n) is 8.61. The molecule has 3 fully saturated rings. The van der Waals surface area contributed by atoms with Gasteiger partial charge >= 0.3 is 0 Å². The molecule has 2 nitrogen and oxygen atoms in total. The van der Waals surface area contributed by atoms with Crippen molar-refractivity contribution in [1.82, 2.24) is 10.0 Å². The minimum absolute atomic E-state index is 0.690. The summed E-state index contributed by atoms with van der Waals surface area (Å²) in [5, 5.41) is 4.86. The maximum Gasteiger partial charge on any atom is 0.0190 e. The van der Waals surface area contributed by atoms with Gasteiger partial charge in [-0.2, -0.15) is 0 Å². The van der Waals surface area contributed by atoms with E-state index in [-0.39, 0.29) is 0 Å². The van der Waals surface area contributed by atoms with Gasteiger partial charge < -0.3 is 0 Å². The molecule has 0 aromatic rings. The van der Waals surface area contributed by atoms with E-state index >= 15 is 0 Å².